The number of fused-ring (bicyclic) bond motifs is 1. The highest BCUT2D eigenvalue weighted by molar-refractivity contribution is 9.10. The summed E-state index contributed by atoms with van der Waals surface area (Å²) in [5.41, 5.74) is 4.46. The summed E-state index contributed by atoms with van der Waals surface area (Å²) in [5.74, 6) is 0.707. The van der Waals surface area contributed by atoms with E-state index in [-0.39, 0.29) is 0 Å². The maximum atomic E-state index is 3.68. The minimum absolute atomic E-state index is 0.518. The molecule has 2 aromatic carbocycles. The SMILES string of the molecule is CC(Cc1ccc(Br)cc1)NCC1Cc2ccccc21. The standard InChI is InChI=1S/C18H20BrN/c1-13(10-14-6-8-17(19)9-7-14)20-12-16-11-15-4-2-3-5-18(15)16/h2-9,13,16,20H,10-12H2,1H3. The molecule has 0 aliphatic heterocycles. The molecule has 104 valence electrons. The van der Waals surface area contributed by atoms with Crippen molar-refractivity contribution in [1.82, 2.24) is 5.32 Å². The van der Waals surface area contributed by atoms with Crippen molar-refractivity contribution in [2.45, 2.75) is 31.7 Å². The molecule has 2 unspecified atom stereocenters. The van der Waals surface area contributed by atoms with Crippen molar-refractivity contribution in [3.8, 4) is 0 Å². The fourth-order valence-electron chi connectivity index (χ4n) is 2.93. The monoisotopic (exact) mass is 329 g/mol. The third-order valence-electron chi connectivity index (χ3n) is 4.13. The lowest BCUT2D eigenvalue weighted by Crippen LogP contribution is -2.35. The van der Waals surface area contributed by atoms with Gasteiger partial charge in [-0.3, -0.25) is 0 Å². The van der Waals surface area contributed by atoms with Crippen LogP contribution in [0, 0.1) is 0 Å². The van der Waals surface area contributed by atoms with Crippen molar-refractivity contribution in [3.63, 3.8) is 0 Å². The predicted octanol–water partition coefficient (Wildman–Crippen LogP) is 4.31. The van der Waals surface area contributed by atoms with Crippen molar-refractivity contribution in [3.05, 3.63) is 69.7 Å². The van der Waals surface area contributed by atoms with E-state index in [1.165, 1.54) is 23.1 Å². The summed E-state index contributed by atoms with van der Waals surface area (Å²) in [4.78, 5) is 0. The Morgan fingerprint density at radius 1 is 1.15 bits per heavy atom. The molecule has 2 heteroatoms. The Balaban J connectivity index is 1.49. The molecule has 20 heavy (non-hydrogen) atoms. The highest BCUT2D eigenvalue weighted by Gasteiger charge is 2.25. The van der Waals surface area contributed by atoms with E-state index in [0.29, 0.717) is 12.0 Å². The van der Waals surface area contributed by atoms with Crippen LogP contribution in [0.5, 0.6) is 0 Å². The van der Waals surface area contributed by atoms with Crippen molar-refractivity contribution in [1.29, 1.82) is 0 Å². The average Bonchev–Trinajstić information content (AvgIpc) is 2.42. The van der Waals surface area contributed by atoms with E-state index in [2.05, 4.69) is 76.7 Å². The quantitative estimate of drug-likeness (QED) is 0.861. The lowest BCUT2D eigenvalue weighted by atomic mass is 9.77. The lowest BCUT2D eigenvalue weighted by molar-refractivity contribution is 0.477. The van der Waals surface area contributed by atoms with Crippen LogP contribution in [0.1, 0.15) is 29.5 Å². The van der Waals surface area contributed by atoms with Gasteiger partial charge in [-0.05, 0) is 48.6 Å². The van der Waals surface area contributed by atoms with Crippen LogP contribution in [-0.4, -0.2) is 12.6 Å². The molecule has 0 aromatic heterocycles. The Kier molecular flexibility index (Phi) is 4.23. The molecule has 0 heterocycles. The van der Waals surface area contributed by atoms with E-state index in [1.807, 2.05) is 0 Å². The van der Waals surface area contributed by atoms with Gasteiger partial charge in [-0.1, -0.05) is 52.3 Å². The molecular weight excluding hydrogens is 310 g/mol. The van der Waals surface area contributed by atoms with Crippen molar-refractivity contribution in [2.75, 3.05) is 6.54 Å². The first kappa shape index (κ1) is 13.8. The maximum absolute atomic E-state index is 3.68. The van der Waals surface area contributed by atoms with Crippen LogP contribution in [0.15, 0.2) is 53.0 Å². The van der Waals surface area contributed by atoms with E-state index < -0.39 is 0 Å². The number of nitrogens with one attached hydrogen (secondary N) is 1. The van der Waals surface area contributed by atoms with Gasteiger partial charge in [0.2, 0.25) is 0 Å². The predicted molar refractivity (Wildman–Crippen MR) is 88.2 cm³/mol. The summed E-state index contributed by atoms with van der Waals surface area (Å²) in [7, 11) is 0. The van der Waals surface area contributed by atoms with Crippen LogP contribution in [0.2, 0.25) is 0 Å². The van der Waals surface area contributed by atoms with E-state index in [4.69, 9.17) is 0 Å². The molecule has 1 N–H and O–H groups in total. The lowest BCUT2D eigenvalue weighted by Gasteiger charge is -2.31. The highest BCUT2D eigenvalue weighted by Crippen LogP contribution is 2.34. The smallest absolute Gasteiger partial charge is 0.0175 e. The molecule has 0 amide bonds. The first-order chi connectivity index (χ1) is 9.72. The Morgan fingerprint density at radius 2 is 1.90 bits per heavy atom. The zero-order valence-corrected chi connectivity index (χ0v) is 13.4. The van der Waals surface area contributed by atoms with Gasteiger partial charge >= 0.3 is 0 Å². The molecule has 1 nitrogen and oxygen atoms in total. The van der Waals surface area contributed by atoms with Crippen molar-refractivity contribution >= 4 is 15.9 Å². The van der Waals surface area contributed by atoms with Crippen molar-refractivity contribution < 1.29 is 0 Å². The van der Waals surface area contributed by atoms with Gasteiger partial charge in [0.05, 0.1) is 0 Å². The van der Waals surface area contributed by atoms with Gasteiger partial charge in [0, 0.05) is 23.0 Å². The molecule has 3 rings (SSSR count). The fraction of sp³-hybridized carbons (Fsp3) is 0.333. The van der Waals surface area contributed by atoms with Gasteiger partial charge in [0.15, 0.2) is 0 Å². The minimum atomic E-state index is 0.518. The zero-order chi connectivity index (χ0) is 13.9. The van der Waals surface area contributed by atoms with Gasteiger partial charge in [-0.25, -0.2) is 0 Å². The van der Waals surface area contributed by atoms with E-state index >= 15 is 0 Å². The van der Waals surface area contributed by atoms with Crippen LogP contribution < -0.4 is 5.32 Å². The van der Waals surface area contributed by atoms with Crippen molar-refractivity contribution in [2.24, 2.45) is 0 Å². The maximum Gasteiger partial charge on any atom is 0.0175 e. The molecule has 2 atom stereocenters. The Bertz CT molecular complexity index is 576. The number of halogens is 1. The molecule has 2 aromatic rings. The molecule has 0 saturated heterocycles. The van der Waals surface area contributed by atoms with Crippen LogP contribution in [0.25, 0.3) is 0 Å². The first-order valence-corrected chi connectivity index (χ1v) is 8.07. The second kappa shape index (κ2) is 6.11. The molecule has 1 aliphatic rings. The van der Waals surface area contributed by atoms with Gasteiger partial charge in [-0.15, -0.1) is 0 Å². The topological polar surface area (TPSA) is 12.0 Å². The van der Waals surface area contributed by atoms with Crippen LogP contribution in [-0.2, 0) is 12.8 Å². The Hall–Kier alpha value is -1.12. The third kappa shape index (κ3) is 3.13. The van der Waals surface area contributed by atoms with E-state index in [9.17, 15) is 0 Å². The number of rotatable bonds is 5. The molecule has 1 aliphatic carbocycles. The largest absolute Gasteiger partial charge is 0.313 e. The normalized spacial score (nSPS) is 18.2. The Morgan fingerprint density at radius 3 is 2.65 bits per heavy atom. The van der Waals surface area contributed by atoms with E-state index in [0.717, 1.165) is 17.4 Å². The number of benzene rings is 2. The van der Waals surface area contributed by atoms with Gasteiger partial charge < -0.3 is 5.32 Å². The second-order valence-corrected chi connectivity index (χ2v) is 6.66. The summed E-state index contributed by atoms with van der Waals surface area (Å²) in [6.45, 7) is 3.36. The molecule has 0 bridgehead atoms. The highest BCUT2D eigenvalue weighted by atomic mass is 79.9. The van der Waals surface area contributed by atoms with Crippen LogP contribution in [0.3, 0.4) is 0 Å². The third-order valence-corrected chi connectivity index (χ3v) is 4.66. The molecule has 0 radical (unpaired) electrons. The molecule has 0 saturated carbocycles. The summed E-state index contributed by atoms with van der Waals surface area (Å²) in [6.07, 6.45) is 2.32. The fourth-order valence-corrected chi connectivity index (χ4v) is 3.20. The Labute approximate surface area is 129 Å². The van der Waals surface area contributed by atoms with E-state index in [1.54, 1.807) is 0 Å². The summed E-state index contributed by atoms with van der Waals surface area (Å²) in [6, 6.07) is 17.9. The molecular formula is C18H20BrN. The summed E-state index contributed by atoms with van der Waals surface area (Å²) >= 11 is 3.48. The van der Waals surface area contributed by atoms with Crippen LogP contribution >= 0.6 is 15.9 Å². The van der Waals surface area contributed by atoms with Gasteiger partial charge in [0.1, 0.15) is 0 Å². The van der Waals surface area contributed by atoms with Gasteiger partial charge in [-0.2, -0.15) is 0 Å². The van der Waals surface area contributed by atoms with Gasteiger partial charge in [0.25, 0.3) is 0 Å². The molecule has 0 spiro atoms. The molecule has 0 fully saturated rings. The first-order valence-electron chi connectivity index (χ1n) is 7.28. The summed E-state index contributed by atoms with van der Waals surface area (Å²) < 4.78 is 1.15. The summed E-state index contributed by atoms with van der Waals surface area (Å²) in [5, 5.41) is 3.68. The number of hydrogen-bond acceptors (Lipinski definition) is 1. The zero-order valence-electron chi connectivity index (χ0n) is 11.8. The average molecular weight is 330 g/mol. The second-order valence-electron chi connectivity index (χ2n) is 5.74. The van der Waals surface area contributed by atoms with Crippen LogP contribution in [0.4, 0.5) is 0 Å². The number of hydrogen-bond donors (Lipinski definition) is 1. The minimum Gasteiger partial charge on any atom is -0.313 e.